The maximum Gasteiger partial charge on any atom is 0.472 e. The minimum Gasteiger partial charge on any atom is -0.462 e. The molecule has 8 nitrogen and oxygen atoms in total. The number of carbonyl (C=O) groups is 2. The van der Waals surface area contributed by atoms with Crippen LogP contribution in [0.1, 0.15) is 245 Å². The van der Waals surface area contributed by atoms with Crippen molar-refractivity contribution in [3.63, 3.8) is 0 Å². The molecule has 0 aromatic heterocycles. The zero-order valence-electron chi connectivity index (χ0n) is 36.4. The summed E-state index contributed by atoms with van der Waals surface area (Å²) in [6.45, 7) is 3.92. The molecule has 55 heavy (non-hydrogen) atoms. The predicted molar refractivity (Wildman–Crippen MR) is 230 cm³/mol. The Morgan fingerprint density at radius 3 is 1.18 bits per heavy atom. The topological polar surface area (TPSA) is 108 Å². The molecule has 9 heteroatoms. The average molecular weight is 801 g/mol. The number of ether oxygens (including phenoxy) is 2. The highest BCUT2D eigenvalue weighted by atomic mass is 31.2. The molecule has 0 aromatic rings. The van der Waals surface area contributed by atoms with E-state index in [0.717, 1.165) is 52.1 Å². The van der Waals surface area contributed by atoms with Crippen LogP contribution in [-0.4, -0.2) is 43.3 Å². The largest absolute Gasteiger partial charge is 0.472 e. The summed E-state index contributed by atoms with van der Waals surface area (Å²) >= 11 is 0. The second kappa shape index (κ2) is 42.4. The lowest BCUT2D eigenvalue weighted by Crippen LogP contribution is -2.29. The van der Waals surface area contributed by atoms with E-state index in [9.17, 15) is 19.0 Å². The van der Waals surface area contributed by atoms with Gasteiger partial charge in [0, 0.05) is 20.0 Å². The van der Waals surface area contributed by atoms with E-state index in [4.69, 9.17) is 14.0 Å². The van der Waals surface area contributed by atoms with E-state index in [-0.39, 0.29) is 19.0 Å². The molecule has 0 aliphatic rings. The lowest BCUT2D eigenvalue weighted by atomic mass is 10.0. The molecule has 0 amide bonds. The van der Waals surface area contributed by atoms with Gasteiger partial charge in [-0.1, -0.05) is 206 Å². The SMILES string of the molecule is CCCCCCCCC/C=C\CCCCCCCCCC(=O)OC(COC(=O)CCCCCCCCCCCCCCCCCCCC)COP(=O)(O)OC. The number of carbonyl (C=O) groups excluding carboxylic acids is 2. The smallest absolute Gasteiger partial charge is 0.462 e. The van der Waals surface area contributed by atoms with Crippen molar-refractivity contribution in [2.24, 2.45) is 0 Å². The minimum absolute atomic E-state index is 0.221. The molecule has 1 N–H and O–H groups in total. The van der Waals surface area contributed by atoms with Gasteiger partial charge in [0.25, 0.3) is 0 Å². The standard InChI is InChI=1S/C46H89O8P/c1-4-6-8-10-12-14-16-18-20-22-24-26-28-30-32-34-36-38-40-45(47)52-42-44(43-53-55(49,50)51-3)54-46(48)41-39-37-35-33-31-29-27-25-23-21-19-17-15-13-11-9-7-5-2/h21,23,44H,4-20,22,24-43H2,1-3H3,(H,49,50)/b23-21-. The van der Waals surface area contributed by atoms with Crippen molar-refractivity contribution in [3.05, 3.63) is 12.2 Å². The van der Waals surface area contributed by atoms with Gasteiger partial charge in [0.1, 0.15) is 6.61 Å². The normalized spacial score (nSPS) is 13.3. The summed E-state index contributed by atoms with van der Waals surface area (Å²) < 4.78 is 32.1. The summed E-state index contributed by atoms with van der Waals surface area (Å²) in [6.07, 6.45) is 46.9. The molecule has 326 valence electrons. The van der Waals surface area contributed by atoms with Crippen LogP contribution >= 0.6 is 7.82 Å². The van der Waals surface area contributed by atoms with Crippen LogP contribution in [-0.2, 0) is 32.7 Å². The zero-order valence-corrected chi connectivity index (χ0v) is 37.2. The average Bonchev–Trinajstić information content (AvgIpc) is 3.18. The molecule has 0 spiro atoms. The van der Waals surface area contributed by atoms with Crippen LogP contribution in [0.15, 0.2) is 12.2 Å². The van der Waals surface area contributed by atoms with Crippen LogP contribution in [0.3, 0.4) is 0 Å². The number of phosphoric acid groups is 1. The molecule has 0 rings (SSSR count). The van der Waals surface area contributed by atoms with Crippen LogP contribution in [0.4, 0.5) is 0 Å². The number of unbranched alkanes of at least 4 members (excludes halogenated alkanes) is 31. The van der Waals surface area contributed by atoms with Gasteiger partial charge < -0.3 is 14.4 Å². The Bertz CT molecular complexity index is 910. The van der Waals surface area contributed by atoms with Gasteiger partial charge in [-0.3, -0.25) is 18.6 Å². The van der Waals surface area contributed by atoms with Gasteiger partial charge in [0.05, 0.1) is 6.61 Å². The molecule has 0 saturated heterocycles. The quantitative estimate of drug-likeness (QED) is 0.0281. The van der Waals surface area contributed by atoms with E-state index in [0.29, 0.717) is 12.8 Å². The van der Waals surface area contributed by atoms with Crippen molar-refractivity contribution < 1.29 is 37.6 Å². The first-order valence-corrected chi connectivity index (χ1v) is 24.9. The van der Waals surface area contributed by atoms with Crippen molar-refractivity contribution in [1.82, 2.24) is 0 Å². The Labute approximate surface area is 340 Å². The van der Waals surface area contributed by atoms with Gasteiger partial charge in [-0.25, -0.2) is 4.57 Å². The molecule has 0 aliphatic heterocycles. The van der Waals surface area contributed by atoms with Gasteiger partial charge >= 0.3 is 19.8 Å². The van der Waals surface area contributed by atoms with Crippen LogP contribution < -0.4 is 0 Å². The molecule has 0 bridgehead atoms. The summed E-state index contributed by atoms with van der Waals surface area (Å²) in [7, 11) is -3.19. The molecule has 0 fully saturated rings. The molecule has 0 aliphatic carbocycles. The molecular formula is C46H89O8P. The van der Waals surface area contributed by atoms with E-state index in [1.165, 1.54) is 167 Å². The lowest BCUT2D eigenvalue weighted by Gasteiger charge is -2.19. The van der Waals surface area contributed by atoms with Crippen molar-refractivity contribution in [2.75, 3.05) is 20.3 Å². The Hall–Kier alpha value is -1.21. The molecule has 0 saturated carbocycles. The number of esters is 2. The highest BCUT2D eigenvalue weighted by molar-refractivity contribution is 7.47. The third-order valence-corrected chi connectivity index (χ3v) is 11.4. The first-order valence-electron chi connectivity index (χ1n) is 23.4. The van der Waals surface area contributed by atoms with Crippen molar-refractivity contribution in [3.8, 4) is 0 Å². The van der Waals surface area contributed by atoms with Gasteiger partial charge in [0.2, 0.25) is 0 Å². The van der Waals surface area contributed by atoms with Crippen LogP contribution in [0.5, 0.6) is 0 Å². The van der Waals surface area contributed by atoms with Crippen LogP contribution in [0, 0.1) is 0 Å². The number of rotatable bonds is 44. The number of hydrogen-bond donors (Lipinski definition) is 1. The van der Waals surface area contributed by atoms with E-state index < -0.39 is 26.5 Å². The zero-order chi connectivity index (χ0) is 40.3. The maximum atomic E-state index is 12.5. The predicted octanol–water partition coefficient (Wildman–Crippen LogP) is 14.8. The number of allylic oxidation sites excluding steroid dienone is 2. The first-order chi connectivity index (χ1) is 26.8. The van der Waals surface area contributed by atoms with Gasteiger partial charge in [-0.15, -0.1) is 0 Å². The molecule has 0 heterocycles. The maximum absolute atomic E-state index is 12.5. The molecule has 0 radical (unpaired) electrons. The highest BCUT2D eigenvalue weighted by Crippen LogP contribution is 2.42. The fourth-order valence-corrected chi connectivity index (χ4v) is 7.35. The number of hydrogen-bond acceptors (Lipinski definition) is 7. The van der Waals surface area contributed by atoms with Gasteiger partial charge in [-0.05, 0) is 38.5 Å². The molecule has 0 aromatic carbocycles. The summed E-state index contributed by atoms with van der Waals surface area (Å²) in [5, 5.41) is 0. The summed E-state index contributed by atoms with van der Waals surface area (Å²) in [5.41, 5.74) is 0. The van der Waals surface area contributed by atoms with Crippen molar-refractivity contribution in [2.45, 2.75) is 251 Å². The van der Waals surface area contributed by atoms with Gasteiger partial charge in [0.15, 0.2) is 6.10 Å². The van der Waals surface area contributed by atoms with Crippen molar-refractivity contribution in [1.29, 1.82) is 0 Å². The number of phosphoric ester groups is 1. The van der Waals surface area contributed by atoms with Crippen molar-refractivity contribution >= 4 is 19.8 Å². The summed E-state index contributed by atoms with van der Waals surface area (Å²) in [6, 6.07) is 0. The summed E-state index contributed by atoms with van der Waals surface area (Å²) in [4.78, 5) is 34.5. The Kier molecular flexibility index (Phi) is 41.5. The minimum atomic E-state index is -4.26. The van der Waals surface area contributed by atoms with Gasteiger partial charge in [-0.2, -0.15) is 0 Å². The fourth-order valence-electron chi connectivity index (χ4n) is 6.89. The van der Waals surface area contributed by atoms with E-state index >= 15 is 0 Å². The highest BCUT2D eigenvalue weighted by Gasteiger charge is 2.24. The first kappa shape index (κ1) is 53.8. The Balaban J connectivity index is 3.92. The summed E-state index contributed by atoms with van der Waals surface area (Å²) in [5.74, 6) is -0.794. The third kappa shape index (κ3) is 42.2. The Morgan fingerprint density at radius 2 is 0.818 bits per heavy atom. The molecular weight excluding hydrogens is 711 g/mol. The molecule has 2 atom stereocenters. The second-order valence-corrected chi connectivity index (χ2v) is 17.5. The third-order valence-electron chi connectivity index (χ3n) is 10.5. The second-order valence-electron chi connectivity index (χ2n) is 15.9. The van der Waals surface area contributed by atoms with E-state index in [1.807, 2.05) is 0 Å². The Morgan fingerprint density at radius 1 is 0.491 bits per heavy atom. The fraction of sp³-hybridized carbons (Fsp3) is 0.913. The monoisotopic (exact) mass is 801 g/mol. The van der Waals surface area contributed by atoms with E-state index in [2.05, 4.69) is 30.5 Å². The van der Waals surface area contributed by atoms with Crippen LogP contribution in [0.2, 0.25) is 0 Å². The lowest BCUT2D eigenvalue weighted by molar-refractivity contribution is -0.161. The van der Waals surface area contributed by atoms with E-state index in [1.54, 1.807) is 0 Å². The molecule has 2 unspecified atom stereocenters. The van der Waals surface area contributed by atoms with Crippen LogP contribution in [0.25, 0.3) is 0 Å².